The Morgan fingerprint density at radius 3 is 2.05 bits per heavy atom. The van der Waals surface area contributed by atoms with Crippen LogP contribution in [0.5, 0.6) is 0 Å². The number of benzene rings is 1. The van der Waals surface area contributed by atoms with Gasteiger partial charge in [0.25, 0.3) is 0 Å². The first-order valence-corrected chi connectivity index (χ1v) is 8.94. The smallest absolute Gasteiger partial charge is 0.222 e. The van der Waals surface area contributed by atoms with Crippen LogP contribution in [0.2, 0.25) is 0 Å². The van der Waals surface area contributed by atoms with E-state index in [1.54, 1.807) is 0 Å². The SMILES string of the molecule is O=C(CCc1ccc(N2CCCC2)cc1)N1CCCCCC1. The molecule has 2 fully saturated rings. The predicted molar refractivity (Wildman–Crippen MR) is 91.3 cm³/mol. The standard InChI is InChI=1S/C19H28N2O/c22-19(21-15-3-1-2-4-16-21)12-9-17-7-10-18(11-8-17)20-13-5-6-14-20/h7-8,10-11H,1-6,9,12-16H2. The quantitative estimate of drug-likeness (QED) is 0.848. The number of amides is 1. The van der Waals surface area contributed by atoms with Crippen molar-refractivity contribution in [3.63, 3.8) is 0 Å². The molecule has 2 heterocycles. The lowest BCUT2D eigenvalue weighted by Gasteiger charge is -2.20. The van der Waals surface area contributed by atoms with E-state index in [1.807, 2.05) is 0 Å². The molecule has 0 spiro atoms. The number of rotatable bonds is 4. The second-order valence-electron chi connectivity index (χ2n) is 6.66. The van der Waals surface area contributed by atoms with Gasteiger partial charge >= 0.3 is 0 Å². The van der Waals surface area contributed by atoms with Gasteiger partial charge in [0, 0.05) is 38.3 Å². The molecular weight excluding hydrogens is 272 g/mol. The molecule has 2 saturated heterocycles. The van der Waals surface area contributed by atoms with Gasteiger partial charge in [0.2, 0.25) is 5.91 Å². The molecular formula is C19H28N2O. The van der Waals surface area contributed by atoms with Crippen LogP contribution in [0.15, 0.2) is 24.3 Å². The number of carbonyl (C=O) groups excluding carboxylic acids is 1. The molecule has 0 bridgehead atoms. The van der Waals surface area contributed by atoms with E-state index in [0.29, 0.717) is 12.3 Å². The van der Waals surface area contributed by atoms with Crippen LogP contribution in [-0.2, 0) is 11.2 Å². The summed E-state index contributed by atoms with van der Waals surface area (Å²) in [5, 5.41) is 0. The van der Waals surface area contributed by atoms with Crippen molar-refractivity contribution in [2.24, 2.45) is 0 Å². The highest BCUT2D eigenvalue weighted by Gasteiger charge is 2.15. The van der Waals surface area contributed by atoms with Crippen LogP contribution in [0.4, 0.5) is 5.69 Å². The molecule has 0 aromatic heterocycles. The summed E-state index contributed by atoms with van der Waals surface area (Å²) >= 11 is 0. The minimum atomic E-state index is 0.338. The average Bonchev–Trinajstić information content (AvgIpc) is 2.95. The number of carbonyl (C=O) groups is 1. The zero-order valence-electron chi connectivity index (χ0n) is 13.6. The highest BCUT2D eigenvalue weighted by Crippen LogP contribution is 2.21. The molecule has 1 amide bonds. The average molecular weight is 300 g/mol. The van der Waals surface area contributed by atoms with E-state index < -0.39 is 0 Å². The summed E-state index contributed by atoms with van der Waals surface area (Å²) in [6, 6.07) is 8.83. The van der Waals surface area contributed by atoms with E-state index in [0.717, 1.165) is 19.5 Å². The maximum absolute atomic E-state index is 12.3. The topological polar surface area (TPSA) is 23.6 Å². The van der Waals surface area contributed by atoms with Gasteiger partial charge in [0.15, 0.2) is 0 Å². The zero-order chi connectivity index (χ0) is 15.2. The number of nitrogens with zero attached hydrogens (tertiary/aromatic N) is 2. The summed E-state index contributed by atoms with van der Waals surface area (Å²) < 4.78 is 0. The summed E-state index contributed by atoms with van der Waals surface area (Å²) in [7, 11) is 0. The van der Waals surface area contributed by atoms with E-state index >= 15 is 0 Å². The van der Waals surface area contributed by atoms with Gasteiger partial charge in [-0.1, -0.05) is 25.0 Å². The summed E-state index contributed by atoms with van der Waals surface area (Å²) in [5.74, 6) is 0.338. The number of hydrogen-bond donors (Lipinski definition) is 0. The molecule has 2 aliphatic heterocycles. The number of aryl methyl sites for hydroxylation is 1. The highest BCUT2D eigenvalue weighted by atomic mass is 16.2. The minimum absolute atomic E-state index is 0.338. The third-order valence-electron chi connectivity index (χ3n) is 4.99. The highest BCUT2D eigenvalue weighted by molar-refractivity contribution is 5.76. The first kappa shape index (κ1) is 15.4. The molecule has 0 N–H and O–H groups in total. The zero-order valence-corrected chi connectivity index (χ0v) is 13.6. The van der Waals surface area contributed by atoms with Gasteiger partial charge in [-0.05, 0) is 49.8 Å². The monoisotopic (exact) mass is 300 g/mol. The lowest BCUT2D eigenvalue weighted by Crippen LogP contribution is -2.31. The van der Waals surface area contributed by atoms with E-state index in [1.165, 1.54) is 62.9 Å². The Balaban J connectivity index is 1.49. The van der Waals surface area contributed by atoms with E-state index in [9.17, 15) is 4.79 Å². The minimum Gasteiger partial charge on any atom is -0.372 e. The second kappa shape index (κ2) is 7.66. The Hall–Kier alpha value is -1.51. The molecule has 22 heavy (non-hydrogen) atoms. The van der Waals surface area contributed by atoms with Crippen LogP contribution in [-0.4, -0.2) is 37.0 Å². The first-order valence-electron chi connectivity index (χ1n) is 8.94. The van der Waals surface area contributed by atoms with Gasteiger partial charge in [-0.25, -0.2) is 0 Å². The molecule has 1 aromatic carbocycles. The molecule has 0 aliphatic carbocycles. The summed E-state index contributed by atoms with van der Waals surface area (Å²) in [6.07, 6.45) is 9.06. The predicted octanol–water partition coefficient (Wildman–Crippen LogP) is 3.62. The Bertz CT molecular complexity index is 469. The van der Waals surface area contributed by atoms with Crippen LogP contribution in [0.25, 0.3) is 0 Å². The Morgan fingerprint density at radius 2 is 1.41 bits per heavy atom. The van der Waals surface area contributed by atoms with Gasteiger partial charge in [0.1, 0.15) is 0 Å². The maximum Gasteiger partial charge on any atom is 0.222 e. The molecule has 0 saturated carbocycles. The fourth-order valence-electron chi connectivity index (χ4n) is 3.58. The van der Waals surface area contributed by atoms with Crippen molar-refractivity contribution in [3.8, 4) is 0 Å². The van der Waals surface area contributed by atoms with Crippen LogP contribution >= 0.6 is 0 Å². The Kier molecular flexibility index (Phi) is 5.36. The van der Waals surface area contributed by atoms with Crippen LogP contribution in [0.1, 0.15) is 50.5 Å². The lowest BCUT2D eigenvalue weighted by molar-refractivity contribution is -0.131. The van der Waals surface area contributed by atoms with Gasteiger partial charge < -0.3 is 9.80 Å². The molecule has 120 valence electrons. The van der Waals surface area contributed by atoms with Crippen molar-refractivity contribution in [1.29, 1.82) is 0 Å². The molecule has 3 heteroatoms. The van der Waals surface area contributed by atoms with Crippen LogP contribution in [0.3, 0.4) is 0 Å². The maximum atomic E-state index is 12.3. The van der Waals surface area contributed by atoms with Crippen LogP contribution in [0, 0.1) is 0 Å². The van der Waals surface area contributed by atoms with Crippen molar-refractivity contribution in [2.75, 3.05) is 31.1 Å². The van der Waals surface area contributed by atoms with E-state index in [2.05, 4.69) is 34.1 Å². The second-order valence-corrected chi connectivity index (χ2v) is 6.66. The number of hydrogen-bond acceptors (Lipinski definition) is 2. The molecule has 0 radical (unpaired) electrons. The lowest BCUT2D eigenvalue weighted by atomic mass is 10.1. The fourth-order valence-corrected chi connectivity index (χ4v) is 3.58. The van der Waals surface area contributed by atoms with Crippen molar-refractivity contribution < 1.29 is 4.79 Å². The molecule has 1 aromatic rings. The van der Waals surface area contributed by atoms with Gasteiger partial charge in [0.05, 0.1) is 0 Å². The van der Waals surface area contributed by atoms with Gasteiger partial charge in [-0.3, -0.25) is 4.79 Å². The van der Waals surface area contributed by atoms with Gasteiger partial charge in [-0.15, -0.1) is 0 Å². The number of anilines is 1. The van der Waals surface area contributed by atoms with Crippen LogP contribution < -0.4 is 4.90 Å². The van der Waals surface area contributed by atoms with E-state index in [-0.39, 0.29) is 0 Å². The largest absolute Gasteiger partial charge is 0.372 e. The van der Waals surface area contributed by atoms with Crippen molar-refractivity contribution in [1.82, 2.24) is 4.90 Å². The van der Waals surface area contributed by atoms with Crippen molar-refractivity contribution in [2.45, 2.75) is 51.4 Å². The third kappa shape index (κ3) is 4.02. The van der Waals surface area contributed by atoms with E-state index in [4.69, 9.17) is 0 Å². The van der Waals surface area contributed by atoms with Gasteiger partial charge in [-0.2, -0.15) is 0 Å². The molecule has 3 nitrogen and oxygen atoms in total. The molecule has 0 unspecified atom stereocenters. The Labute approximate surface area is 134 Å². The fraction of sp³-hybridized carbons (Fsp3) is 0.632. The first-order chi connectivity index (χ1) is 10.8. The normalized spacial score (nSPS) is 19.3. The Morgan fingerprint density at radius 1 is 0.818 bits per heavy atom. The van der Waals surface area contributed by atoms with Crippen molar-refractivity contribution >= 4 is 11.6 Å². The summed E-state index contributed by atoms with van der Waals surface area (Å²) in [6.45, 7) is 4.30. The molecule has 3 rings (SSSR count). The van der Waals surface area contributed by atoms with Crippen molar-refractivity contribution in [3.05, 3.63) is 29.8 Å². The molecule has 2 aliphatic rings. The summed E-state index contributed by atoms with van der Waals surface area (Å²) in [4.78, 5) is 16.8. The molecule has 0 atom stereocenters. The third-order valence-corrected chi connectivity index (χ3v) is 4.99. The summed E-state index contributed by atoms with van der Waals surface area (Å²) in [5.41, 5.74) is 2.62. The number of likely N-dealkylation sites (tertiary alicyclic amines) is 1.